The molecule has 0 aromatic carbocycles. The van der Waals surface area contributed by atoms with Crippen LogP contribution in [0.3, 0.4) is 0 Å². The predicted octanol–water partition coefficient (Wildman–Crippen LogP) is 10.2. The molecule has 0 fully saturated rings. The molecule has 0 aromatic heterocycles. The maximum Gasteiger partial charge on any atom is 0.324 e. The van der Waals surface area contributed by atoms with Crippen LogP contribution < -0.4 is 16.0 Å². The summed E-state index contributed by atoms with van der Waals surface area (Å²) >= 11 is 0. The number of ether oxygens (including phenoxy) is 1. The van der Waals surface area contributed by atoms with Crippen molar-refractivity contribution >= 4 is 18.3 Å². The summed E-state index contributed by atoms with van der Waals surface area (Å²) in [4.78, 5) is 37.6. The van der Waals surface area contributed by atoms with Crippen molar-refractivity contribution in [1.82, 2.24) is 20.9 Å². The lowest BCUT2D eigenvalue weighted by Crippen LogP contribution is -2.42. The lowest BCUT2D eigenvalue weighted by atomic mass is 10.0. The first-order valence-corrected chi connectivity index (χ1v) is 20.6. The zero-order valence-electron chi connectivity index (χ0n) is 31.9. The molecule has 0 bridgehead atoms. The Labute approximate surface area is 301 Å². The quantitative estimate of drug-likeness (QED) is 0.0344. The first-order valence-electron chi connectivity index (χ1n) is 20.6. The van der Waals surface area contributed by atoms with E-state index in [0.29, 0.717) is 24.4 Å². The molecule has 8 nitrogen and oxygen atoms in total. The number of hydrogen-bond donors (Lipinski definition) is 3. The summed E-state index contributed by atoms with van der Waals surface area (Å²) in [6.07, 6.45) is 33.8. The third-order valence-electron chi connectivity index (χ3n) is 9.52. The van der Waals surface area contributed by atoms with Crippen molar-refractivity contribution in [3.05, 3.63) is 24.2 Å². The van der Waals surface area contributed by atoms with Gasteiger partial charge in [0.15, 0.2) is 0 Å². The fraction of sp³-hybridized carbons (Fsp3) is 0.829. The Morgan fingerprint density at radius 3 is 1.82 bits per heavy atom. The number of nitrogens with zero attached hydrogens (tertiary/aromatic N) is 1. The van der Waals surface area contributed by atoms with Gasteiger partial charge in [0.05, 0.1) is 0 Å². The molecule has 0 atom stereocenters. The number of carbonyl (C=O) groups excluding carboxylic acids is 3. The van der Waals surface area contributed by atoms with Gasteiger partial charge in [0.1, 0.15) is 18.2 Å². The molecule has 0 radical (unpaired) electrons. The van der Waals surface area contributed by atoms with E-state index in [4.69, 9.17) is 4.74 Å². The maximum atomic E-state index is 12.8. The highest BCUT2D eigenvalue weighted by Gasteiger charge is 2.15. The lowest BCUT2D eigenvalue weighted by molar-refractivity contribution is -0.150. The molecule has 0 unspecified atom stereocenters. The van der Waals surface area contributed by atoms with Crippen molar-refractivity contribution in [2.24, 2.45) is 0 Å². The standard InChI is InChI=1S/C41H76N4O4/c1-4-6-8-10-15-21-28-38(29-22-16-11-9-7-5-2)49-40(47)30-23-17-14-19-25-33-45(32-24-18-12-13-20-26-35-46)34-27-31-42-39-36-37(3)43-41(48)44-39/h35-36,38,42H,3-34H2,1-2H3,(H2,43,44,48). The molecule has 0 aromatic rings. The van der Waals surface area contributed by atoms with Crippen LogP contribution in [0.4, 0.5) is 4.79 Å². The summed E-state index contributed by atoms with van der Waals surface area (Å²) < 4.78 is 6.04. The van der Waals surface area contributed by atoms with Crippen LogP contribution >= 0.6 is 0 Å². The highest BCUT2D eigenvalue weighted by Crippen LogP contribution is 2.18. The Balaban J connectivity index is 2.33. The number of nitrogens with one attached hydrogen (secondary N) is 3. The zero-order valence-corrected chi connectivity index (χ0v) is 31.9. The number of esters is 1. The molecular weight excluding hydrogens is 612 g/mol. The second kappa shape index (κ2) is 32.8. The van der Waals surface area contributed by atoms with E-state index in [0.717, 1.165) is 83.8 Å². The van der Waals surface area contributed by atoms with Crippen LogP contribution in [0.1, 0.15) is 187 Å². The highest BCUT2D eigenvalue weighted by atomic mass is 16.5. The van der Waals surface area contributed by atoms with Crippen LogP contribution in [0.2, 0.25) is 0 Å². The van der Waals surface area contributed by atoms with E-state index in [1.807, 2.05) is 6.08 Å². The second-order valence-corrected chi connectivity index (χ2v) is 14.2. The van der Waals surface area contributed by atoms with Crippen molar-refractivity contribution in [3.8, 4) is 0 Å². The first-order chi connectivity index (χ1) is 24.0. The Morgan fingerprint density at radius 1 is 0.735 bits per heavy atom. The SMILES string of the molecule is C=C1C=C(NCCCN(CCCCCCCC=O)CCCCCCCC(=O)OC(CCCCCCCC)CCCCCCCC)NC(=O)N1. The van der Waals surface area contributed by atoms with E-state index in [-0.39, 0.29) is 18.1 Å². The summed E-state index contributed by atoms with van der Waals surface area (Å²) in [5.41, 5.74) is 0.592. The number of aldehydes is 1. The van der Waals surface area contributed by atoms with E-state index in [1.165, 1.54) is 109 Å². The van der Waals surface area contributed by atoms with E-state index in [9.17, 15) is 14.4 Å². The molecule has 0 aliphatic carbocycles. The van der Waals surface area contributed by atoms with Crippen LogP contribution in [0.15, 0.2) is 24.2 Å². The molecule has 1 aliphatic rings. The van der Waals surface area contributed by atoms with Gasteiger partial charge in [-0.3, -0.25) is 10.1 Å². The van der Waals surface area contributed by atoms with E-state index in [1.54, 1.807) is 0 Å². The largest absolute Gasteiger partial charge is 0.462 e. The number of rotatable bonds is 36. The predicted molar refractivity (Wildman–Crippen MR) is 205 cm³/mol. The number of amides is 2. The molecule has 0 saturated heterocycles. The molecule has 1 aliphatic heterocycles. The van der Waals surface area contributed by atoms with Gasteiger partial charge in [0.25, 0.3) is 0 Å². The monoisotopic (exact) mass is 689 g/mol. The van der Waals surface area contributed by atoms with Gasteiger partial charge in [-0.05, 0) is 77.4 Å². The molecular formula is C41H76N4O4. The van der Waals surface area contributed by atoms with Gasteiger partial charge in [0, 0.05) is 31.2 Å². The minimum atomic E-state index is -0.252. The van der Waals surface area contributed by atoms with Crippen molar-refractivity contribution in [2.75, 3.05) is 26.2 Å². The van der Waals surface area contributed by atoms with Gasteiger partial charge in [0.2, 0.25) is 0 Å². The van der Waals surface area contributed by atoms with Crippen LogP contribution in [0, 0.1) is 0 Å². The molecule has 49 heavy (non-hydrogen) atoms. The van der Waals surface area contributed by atoms with Gasteiger partial charge < -0.3 is 25.1 Å². The van der Waals surface area contributed by atoms with Gasteiger partial charge in [-0.25, -0.2) is 4.79 Å². The van der Waals surface area contributed by atoms with Crippen LogP contribution in [0.5, 0.6) is 0 Å². The number of urea groups is 1. The van der Waals surface area contributed by atoms with Crippen LogP contribution in [-0.4, -0.2) is 55.5 Å². The van der Waals surface area contributed by atoms with Crippen molar-refractivity contribution < 1.29 is 19.1 Å². The molecule has 0 saturated carbocycles. The van der Waals surface area contributed by atoms with E-state index < -0.39 is 0 Å². The zero-order chi connectivity index (χ0) is 35.6. The Kier molecular flexibility index (Phi) is 29.9. The number of allylic oxidation sites excluding steroid dienone is 1. The minimum Gasteiger partial charge on any atom is -0.462 e. The summed E-state index contributed by atoms with van der Waals surface area (Å²) in [6, 6.07) is -0.252. The van der Waals surface area contributed by atoms with Gasteiger partial charge in [-0.1, -0.05) is 123 Å². The smallest absolute Gasteiger partial charge is 0.324 e. The molecule has 2 amide bonds. The number of hydrogen-bond acceptors (Lipinski definition) is 6. The van der Waals surface area contributed by atoms with Crippen LogP contribution in [0.25, 0.3) is 0 Å². The fourth-order valence-electron chi connectivity index (χ4n) is 6.54. The molecule has 0 spiro atoms. The van der Waals surface area contributed by atoms with E-state index >= 15 is 0 Å². The minimum absolute atomic E-state index is 0.0112. The average molecular weight is 689 g/mol. The summed E-state index contributed by atoms with van der Waals surface area (Å²) in [5.74, 6) is 0.711. The molecule has 284 valence electrons. The molecule has 1 heterocycles. The Morgan fingerprint density at radius 2 is 1.24 bits per heavy atom. The van der Waals surface area contributed by atoms with Crippen molar-refractivity contribution in [3.63, 3.8) is 0 Å². The summed E-state index contributed by atoms with van der Waals surface area (Å²) in [7, 11) is 0. The fourth-order valence-corrected chi connectivity index (χ4v) is 6.54. The third-order valence-corrected chi connectivity index (χ3v) is 9.52. The lowest BCUT2D eigenvalue weighted by Gasteiger charge is -2.23. The highest BCUT2D eigenvalue weighted by molar-refractivity contribution is 5.79. The number of unbranched alkanes of at least 4 members (excludes halogenated alkanes) is 19. The second-order valence-electron chi connectivity index (χ2n) is 14.2. The average Bonchev–Trinajstić information content (AvgIpc) is 3.07. The van der Waals surface area contributed by atoms with Crippen LogP contribution in [-0.2, 0) is 14.3 Å². The first kappa shape index (κ1) is 44.7. The Bertz CT molecular complexity index is 862. The maximum absolute atomic E-state index is 12.8. The molecule has 8 heteroatoms. The topological polar surface area (TPSA) is 99.8 Å². The third kappa shape index (κ3) is 28.1. The van der Waals surface area contributed by atoms with Crippen molar-refractivity contribution in [2.45, 2.75) is 193 Å². The Hall–Kier alpha value is -2.35. The van der Waals surface area contributed by atoms with Gasteiger partial charge in [-0.15, -0.1) is 0 Å². The number of carbonyl (C=O) groups is 3. The molecule has 1 rings (SSSR count). The summed E-state index contributed by atoms with van der Waals surface area (Å²) in [5, 5.41) is 8.73. The molecule has 3 N–H and O–H groups in total. The van der Waals surface area contributed by atoms with E-state index in [2.05, 4.69) is 41.3 Å². The van der Waals surface area contributed by atoms with Gasteiger partial charge >= 0.3 is 12.0 Å². The van der Waals surface area contributed by atoms with Crippen molar-refractivity contribution in [1.29, 1.82) is 0 Å². The normalized spacial score (nSPS) is 13.0. The van der Waals surface area contributed by atoms with Gasteiger partial charge in [-0.2, -0.15) is 0 Å². The summed E-state index contributed by atoms with van der Waals surface area (Å²) in [6.45, 7) is 12.3.